The molecule has 0 saturated heterocycles. The van der Waals surface area contributed by atoms with Crippen LogP contribution in [0.4, 0.5) is 13.2 Å². The zero-order chi connectivity index (χ0) is 12.1. The Labute approximate surface area is 85.9 Å². The maximum absolute atomic E-state index is 12.1. The Balaban J connectivity index is 0.000000921. The van der Waals surface area contributed by atoms with Crippen molar-refractivity contribution in [3.05, 3.63) is 35.4 Å². The summed E-state index contributed by atoms with van der Waals surface area (Å²) in [4.78, 5) is 10.5. The van der Waals surface area contributed by atoms with E-state index in [0.717, 1.165) is 18.2 Å². The first-order valence-electron chi connectivity index (χ1n) is 4.38. The number of primary amides is 1. The summed E-state index contributed by atoms with van der Waals surface area (Å²) in [7, 11) is 0. The van der Waals surface area contributed by atoms with Crippen molar-refractivity contribution >= 4 is 5.91 Å². The summed E-state index contributed by atoms with van der Waals surface area (Å²) >= 11 is 0. The van der Waals surface area contributed by atoms with Crippen LogP contribution in [0, 0.1) is 0 Å². The quantitative estimate of drug-likeness (QED) is 0.775. The maximum atomic E-state index is 12.1. The fourth-order valence-electron chi connectivity index (χ4n) is 0.849. The third-order valence-corrected chi connectivity index (χ3v) is 1.47. The molecule has 0 radical (unpaired) electrons. The topological polar surface area (TPSA) is 43.1 Å². The minimum atomic E-state index is -4.44. The van der Waals surface area contributed by atoms with Crippen molar-refractivity contribution in [1.82, 2.24) is 0 Å². The van der Waals surface area contributed by atoms with Gasteiger partial charge in [-0.1, -0.05) is 19.9 Å². The van der Waals surface area contributed by atoms with Gasteiger partial charge in [-0.15, -0.1) is 0 Å². The highest BCUT2D eigenvalue weighted by Crippen LogP contribution is 2.29. The molecule has 0 fully saturated rings. The van der Waals surface area contributed by atoms with Gasteiger partial charge in [-0.25, -0.2) is 0 Å². The number of nitrogens with two attached hydrogens (primary N) is 1. The Morgan fingerprint density at radius 2 is 1.80 bits per heavy atom. The minimum Gasteiger partial charge on any atom is -0.366 e. The summed E-state index contributed by atoms with van der Waals surface area (Å²) in [5, 5.41) is 0. The molecule has 0 heterocycles. The first-order chi connectivity index (χ1) is 6.91. The summed E-state index contributed by atoms with van der Waals surface area (Å²) in [6, 6.07) is 3.98. The number of carbonyl (C=O) groups is 1. The second kappa shape index (κ2) is 5.38. The van der Waals surface area contributed by atoms with E-state index in [2.05, 4.69) is 0 Å². The molecule has 5 heteroatoms. The lowest BCUT2D eigenvalue weighted by Gasteiger charge is -2.06. The number of alkyl halides is 3. The lowest BCUT2D eigenvalue weighted by atomic mass is 10.1. The zero-order valence-electron chi connectivity index (χ0n) is 8.43. The van der Waals surface area contributed by atoms with Crippen LogP contribution >= 0.6 is 0 Å². The van der Waals surface area contributed by atoms with Crippen LogP contribution in [0.1, 0.15) is 29.8 Å². The minimum absolute atomic E-state index is 0.144. The molecular formula is C10H12F3NO. The summed E-state index contributed by atoms with van der Waals surface area (Å²) < 4.78 is 36.2. The van der Waals surface area contributed by atoms with E-state index in [1.165, 1.54) is 6.07 Å². The molecule has 1 aromatic carbocycles. The van der Waals surface area contributed by atoms with Gasteiger partial charge in [-0.2, -0.15) is 13.2 Å². The number of benzene rings is 1. The highest BCUT2D eigenvalue weighted by Gasteiger charge is 2.30. The molecule has 0 saturated carbocycles. The number of rotatable bonds is 1. The third kappa shape index (κ3) is 4.01. The number of carbonyl (C=O) groups excluding carboxylic acids is 1. The van der Waals surface area contributed by atoms with Crippen molar-refractivity contribution in [3.8, 4) is 0 Å². The van der Waals surface area contributed by atoms with Crippen LogP contribution in [0.3, 0.4) is 0 Å². The number of amides is 1. The molecule has 84 valence electrons. The molecule has 0 aliphatic heterocycles. The predicted molar refractivity (Wildman–Crippen MR) is 51.3 cm³/mol. The van der Waals surface area contributed by atoms with Crippen LogP contribution in [0.25, 0.3) is 0 Å². The summed E-state index contributed by atoms with van der Waals surface area (Å²) in [6.07, 6.45) is -4.44. The van der Waals surface area contributed by atoms with Crippen LogP contribution < -0.4 is 5.73 Å². The molecule has 15 heavy (non-hydrogen) atoms. The van der Waals surface area contributed by atoms with Gasteiger partial charge in [0, 0.05) is 5.56 Å². The summed E-state index contributed by atoms with van der Waals surface area (Å²) in [6.45, 7) is 4.00. The van der Waals surface area contributed by atoms with Crippen molar-refractivity contribution < 1.29 is 18.0 Å². The average Bonchev–Trinajstić information content (AvgIpc) is 2.20. The van der Waals surface area contributed by atoms with E-state index in [-0.39, 0.29) is 5.56 Å². The van der Waals surface area contributed by atoms with E-state index < -0.39 is 17.6 Å². The van der Waals surface area contributed by atoms with E-state index in [9.17, 15) is 18.0 Å². The van der Waals surface area contributed by atoms with Gasteiger partial charge in [0.05, 0.1) is 5.56 Å². The predicted octanol–water partition coefficient (Wildman–Crippen LogP) is 2.83. The molecule has 1 aromatic rings. The van der Waals surface area contributed by atoms with Gasteiger partial charge in [-0.05, 0) is 18.2 Å². The fourth-order valence-corrected chi connectivity index (χ4v) is 0.849. The van der Waals surface area contributed by atoms with Crippen molar-refractivity contribution in [3.63, 3.8) is 0 Å². The number of halogens is 3. The molecule has 1 amide bonds. The molecule has 0 spiro atoms. The van der Waals surface area contributed by atoms with Crippen LogP contribution in [0.2, 0.25) is 0 Å². The largest absolute Gasteiger partial charge is 0.416 e. The van der Waals surface area contributed by atoms with Gasteiger partial charge in [0.15, 0.2) is 0 Å². The molecule has 0 aliphatic rings. The van der Waals surface area contributed by atoms with Crippen LogP contribution in [-0.4, -0.2) is 5.91 Å². The van der Waals surface area contributed by atoms with E-state index in [1.54, 1.807) is 0 Å². The van der Waals surface area contributed by atoms with Gasteiger partial charge in [-0.3, -0.25) is 4.79 Å². The first-order valence-corrected chi connectivity index (χ1v) is 4.38. The van der Waals surface area contributed by atoms with Crippen molar-refractivity contribution in [2.24, 2.45) is 5.73 Å². The highest BCUT2D eigenvalue weighted by molar-refractivity contribution is 5.92. The van der Waals surface area contributed by atoms with Crippen LogP contribution in [0.15, 0.2) is 24.3 Å². The van der Waals surface area contributed by atoms with Crippen molar-refractivity contribution in [2.75, 3.05) is 0 Å². The van der Waals surface area contributed by atoms with E-state index in [0.29, 0.717) is 0 Å². The molecule has 0 atom stereocenters. The Morgan fingerprint density at radius 3 is 2.20 bits per heavy atom. The summed E-state index contributed by atoms with van der Waals surface area (Å²) in [5.74, 6) is -0.869. The summed E-state index contributed by atoms with van der Waals surface area (Å²) in [5.41, 5.74) is 3.80. The Bertz CT molecular complexity index is 334. The molecule has 0 bridgehead atoms. The first kappa shape index (κ1) is 13.5. The lowest BCUT2D eigenvalue weighted by molar-refractivity contribution is -0.137. The van der Waals surface area contributed by atoms with Crippen LogP contribution in [-0.2, 0) is 6.18 Å². The monoisotopic (exact) mass is 219 g/mol. The van der Waals surface area contributed by atoms with E-state index >= 15 is 0 Å². The number of hydrogen-bond donors (Lipinski definition) is 1. The average molecular weight is 219 g/mol. The van der Waals surface area contributed by atoms with Crippen LogP contribution in [0.5, 0.6) is 0 Å². The fraction of sp³-hybridized carbons (Fsp3) is 0.300. The number of hydrogen-bond acceptors (Lipinski definition) is 1. The van der Waals surface area contributed by atoms with Gasteiger partial charge in [0.1, 0.15) is 0 Å². The third-order valence-electron chi connectivity index (χ3n) is 1.47. The second-order valence-corrected chi connectivity index (χ2v) is 2.44. The second-order valence-electron chi connectivity index (χ2n) is 2.44. The van der Waals surface area contributed by atoms with Gasteiger partial charge in [0.2, 0.25) is 5.91 Å². The standard InChI is InChI=1S/C8H6F3NO.C2H6/c9-8(10,11)6-3-1-2-5(4-6)7(12)13;1-2/h1-4H,(H2,12,13);1-2H3. The molecular weight excluding hydrogens is 207 g/mol. The normalized spacial score (nSPS) is 10.2. The van der Waals surface area contributed by atoms with Crippen molar-refractivity contribution in [1.29, 1.82) is 0 Å². The zero-order valence-corrected chi connectivity index (χ0v) is 8.43. The highest BCUT2D eigenvalue weighted by atomic mass is 19.4. The molecule has 0 unspecified atom stereocenters. The molecule has 2 nitrogen and oxygen atoms in total. The Hall–Kier alpha value is -1.52. The van der Waals surface area contributed by atoms with Gasteiger partial charge < -0.3 is 5.73 Å². The molecule has 1 rings (SSSR count). The van der Waals surface area contributed by atoms with E-state index in [1.807, 2.05) is 13.8 Å². The smallest absolute Gasteiger partial charge is 0.366 e. The SMILES string of the molecule is CC.NC(=O)c1cccc(C(F)(F)F)c1. The molecule has 0 aromatic heterocycles. The maximum Gasteiger partial charge on any atom is 0.416 e. The van der Waals surface area contributed by atoms with Gasteiger partial charge >= 0.3 is 6.18 Å². The van der Waals surface area contributed by atoms with E-state index in [4.69, 9.17) is 5.73 Å². The van der Waals surface area contributed by atoms with Crippen molar-refractivity contribution in [2.45, 2.75) is 20.0 Å². The molecule has 2 N–H and O–H groups in total. The van der Waals surface area contributed by atoms with Gasteiger partial charge in [0.25, 0.3) is 0 Å². The Kier molecular flexibility index (Phi) is 4.84. The lowest BCUT2D eigenvalue weighted by Crippen LogP contribution is -2.13. The Morgan fingerprint density at radius 1 is 1.27 bits per heavy atom. The molecule has 0 aliphatic carbocycles.